The third-order valence-corrected chi connectivity index (χ3v) is 5.44. The highest BCUT2D eigenvalue weighted by Gasteiger charge is 2.17. The van der Waals surface area contributed by atoms with Crippen LogP contribution in [0.5, 0.6) is 11.5 Å². The molecule has 0 spiro atoms. The smallest absolute Gasteiger partial charge is 0.336 e. The maximum Gasteiger partial charge on any atom is 0.336 e. The van der Waals surface area contributed by atoms with Gasteiger partial charge in [0.2, 0.25) is 6.79 Å². The van der Waals surface area contributed by atoms with Crippen LogP contribution in [-0.4, -0.2) is 15.9 Å². The molecule has 0 radical (unpaired) electrons. The highest BCUT2D eigenvalue weighted by Crippen LogP contribution is 2.32. The Hall–Kier alpha value is -3.32. The minimum atomic E-state index is -0.366. The van der Waals surface area contributed by atoms with Crippen molar-refractivity contribution < 1.29 is 9.47 Å². The van der Waals surface area contributed by atoms with Crippen LogP contribution in [0.15, 0.2) is 69.6 Å². The summed E-state index contributed by atoms with van der Waals surface area (Å²) in [5, 5.41) is 1.83. The van der Waals surface area contributed by atoms with Gasteiger partial charge in [-0.2, -0.15) is 0 Å². The van der Waals surface area contributed by atoms with Gasteiger partial charge in [-0.05, 0) is 41.3 Å². The number of ether oxygens (including phenoxy) is 2. The number of thiophene rings is 1. The second kappa shape index (κ2) is 6.14. The zero-order valence-corrected chi connectivity index (χ0v) is 14.9. The molecule has 0 aliphatic carbocycles. The summed E-state index contributed by atoms with van der Waals surface area (Å²) in [6.07, 6.45) is 0. The van der Waals surface area contributed by atoms with E-state index in [1.54, 1.807) is 16.7 Å². The minimum Gasteiger partial charge on any atom is -0.454 e. The molecule has 1 aliphatic heterocycles. The van der Waals surface area contributed by atoms with Gasteiger partial charge in [-0.15, -0.1) is 11.3 Å². The first-order valence-corrected chi connectivity index (χ1v) is 9.27. The van der Waals surface area contributed by atoms with E-state index < -0.39 is 0 Å². The van der Waals surface area contributed by atoms with E-state index in [4.69, 9.17) is 9.47 Å². The van der Waals surface area contributed by atoms with E-state index in [0.717, 1.165) is 5.56 Å². The van der Waals surface area contributed by atoms with Crippen molar-refractivity contribution in [3.63, 3.8) is 0 Å². The number of rotatable bonds is 3. The quantitative estimate of drug-likeness (QED) is 0.550. The maximum atomic E-state index is 13.2. The number of hydrogen-bond acceptors (Lipinski definition) is 5. The number of hydrogen-bond donors (Lipinski definition) is 0. The zero-order valence-electron chi connectivity index (χ0n) is 14.1. The molecule has 0 saturated heterocycles. The average Bonchev–Trinajstić information content (AvgIpc) is 3.35. The lowest BCUT2D eigenvalue weighted by Gasteiger charge is -2.12. The van der Waals surface area contributed by atoms with Gasteiger partial charge in [0.1, 0.15) is 4.70 Å². The van der Waals surface area contributed by atoms with Crippen molar-refractivity contribution in [2.75, 3.05) is 6.79 Å². The van der Waals surface area contributed by atoms with Crippen molar-refractivity contribution in [2.45, 2.75) is 6.54 Å². The van der Waals surface area contributed by atoms with Gasteiger partial charge in [-0.25, -0.2) is 9.36 Å². The van der Waals surface area contributed by atoms with E-state index in [0.29, 0.717) is 33.9 Å². The van der Waals surface area contributed by atoms with E-state index in [1.165, 1.54) is 15.9 Å². The van der Waals surface area contributed by atoms with Crippen LogP contribution in [0, 0.1) is 0 Å². The third-order valence-electron chi connectivity index (χ3n) is 4.55. The van der Waals surface area contributed by atoms with Crippen molar-refractivity contribution in [1.82, 2.24) is 9.13 Å². The molecule has 27 heavy (non-hydrogen) atoms. The first-order valence-electron chi connectivity index (χ1n) is 8.39. The number of para-hydroxylation sites is 1. The summed E-state index contributed by atoms with van der Waals surface area (Å²) in [5.41, 5.74) is 1.43. The standard InChI is InChI=1S/C20H14N2O4S/c23-19-18-15(8-9-27-18)21(20(24)22(19)14-4-2-1-3-5-14)11-13-6-7-16-17(10-13)26-12-25-16/h1-10H,11-12H2. The van der Waals surface area contributed by atoms with Crippen LogP contribution in [-0.2, 0) is 6.54 Å². The summed E-state index contributed by atoms with van der Waals surface area (Å²) in [5.74, 6) is 1.36. The number of nitrogens with zero attached hydrogens (tertiary/aromatic N) is 2. The average molecular weight is 378 g/mol. The Bertz CT molecular complexity index is 1270. The lowest BCUT2D eigenvalue weighted by Crippen LogP contribution is -2.38. The predicted molar refractivity (Wildman–Crippen MR) is 103 cm³/mol. The van der Waals surface area contributed by atoms with Gasteiger partial charge in [-0.3, -0.25) is 9.36 Å². The summed E-state index contributed by atoms with van der Waals surface area (Å²) >= 11 is 1.34. The number of aromatic nitrogens is 2. The van der Waals surface area contributed by atoms with E-state index >= 15 is 0 Å². The van der Waals surface area contributed by atoms with Gasteiger partial charge in [0.05, 0.1) is 17.7 Å². The van der Waals surface area contributed by atoms with Crippen LogP contribution in [0.4, 0.5) is 0 Å². The molecular formula is C20H14N2O4S. The van der Waals surface area contributed by atoms with Crippen LogP contribution >= 0.6 is 11.3 Å². The SMILES string of the molecule is O=c1c2sccc2n(Cc2ccc3c(c2)OCO3)c(=O)n1-c1ccccc1. The molecule has 7 heteroatoms. The molecule has 4 aromatic rings. The van der Waals surface area contributed by atoms with Crippen molar-refractivity contribution in [1.29, 1.82) is 0 Å². The van der Waals surface area contributed by atoms with Gasteiger partial charge in [0.15, 0.2) is 11.5 Å². The van der Waals surface area contributed by atoms with Gasteiger partial charge in [0, 0.05) is 0 Å². The number of benzene rings is 2. The van der Waals surface area contributed by atoms with E-state index in [1.807, 2.05) is 47.8 Å². The third kappa shape index (κ3) is 2.55. The van der Waals surface area contributed by atoms with Crippen LogP contribution in [0.3, 0.4) is 0 Å². The molecule has 6 nitrogen and oxygen atoms in total. The summed E-state index contributed by atoms with van der Waals surface area (Å²) in [6, 6.07) is 16.4. The molecular weight excluding hydrogens is 364 g/mol. The van der Waals surface area contributed by atoms with E-state index in [9.17, 15) is 9.59 Å². The summed E-state index contributed by atoms with van der Waals surface area (Å²) in [6.45, 7) is 0.530. The van der Waals surface area contributed by atoms with Crippen LogP contribution in [0.2, 0.25) is 0 Å². The Balaban J connectivity index is 1.71. The second-order valence-electron chi connectivity index (χ2n) is 6.17. The largest absolute Gasteiger partial charge is 0.454 e. The monoisotopic (exact) mass is 378 g/mol. The second-order valence-corrected chi connectivity index (χ2v) is 7.08. The van der Waals surface area contributed by atoms with Crippen molar-refractivity contribution in [3.05, 3.63) is 86.4 Å². The Labute approximate surface area is 157 Å². The highest BCUT2D eigenvalue weighted by atomic mass is 32.1. The lowest BCUT2D eigenvalue weighted by molar-refractivity contribution is 0.174. The van der Waals surface area contributed by atoms with Crippen LogP contribution in [0.1, 0.15) is 5.56 Å². The van der Waals surface area contributed by atoms with Crippen LogP contribution < -0.4 is 20.7 Å². The molecule has 2 aromatic heterocycles. The Morgan fingerprint density at radius 3 is 2.63 bits per heavy atom. The predicted octanol–water partition coefficient (Wildman–Crippen LogP) is 2.99. The molecule has 5 rings (SSSR count). The van der Waals surface area contributed by atoms with Gasteiger partial charge < -0.3 is 9.47 Å². The van der Waals surface area contributed by atoms with Crippen LogP contribution in [0.25, 0.3) is 15.9 Å². The molecule has 0 amide bonds. The molecule has 3 heterocycles. The van der Waals surface area contributed by atoms with Gasteiger partial charge >= 0.3 is 5.69 Å². The Morgan fingerprint density at radius 1 is 0.963 bits per heavy atom. The molecule has 134 valence electrons. The molecule has 0 fully saturated rings. The van der Waals surface area contributed by atoms with Crippen molar-refractivity contribution in [2.24, 2.45) is 0 Å². The summed E-state index contributed by atoms with van der Waals surface area (Å²) in [4.78, 5) is 26.1. The molecule has 0 unspecified atom stereocenters. The maximum absolute atomic E-state index is 13.2. The topological polar surface area (TPSA) is 62.5 Å². The van der Waals surface area contributed by atoms with E-state index in [2.05, 4.69) is 0 Å². The molecule has 0 bridgehead atoms. The highest BCUT2D eigenvalue weighted by molar-refractivity contribution is 7.17. The fourth-order valence-corrected chi connectivity index (χ4v) is 4.09. The minimum absolute atomic E-state index is 0.201. The normalized spacial score (nSPS) is 12.6. The molecule has 1 aliphatic rings. The molecule has 2 aromatic carbocycles. The van der Waals surface area contributed by atoms with E-state index in [-0.39, 0.29) is 18.0 Å². The molecule has 0 saturated carbocycles. The zero-order chi connectivity index (χ0) is 18.4. The molecule has 0 N–H and O–H groups in total. The van der Waals surface area contributed by atoms with Gasteiger partial charge in [0.25, 0.3) is 5.56 Å². The Morgan fingerprint density at radius 2 is 1.78 bits per heavy atom. The molecule has 0 atom stereocenters. The van der Waals surface area contributed by atoms with Crippen molar-refractivity contribution >= 4 is 21.6 Å². The summed E-state index contributed by atoms with van der Waals surface area (Å²) in [7, 11) is 0. The fourth-order valence-electron chi connectivity index (χ4n) is 3.27. The van der Waals surface area contributed by atoms with Gasteiger partial charge in [-0.1, -0.05) is 24.3 Å². The number of fused-ring (bicyclic) bond motifs is 2. The Kier molecular flexibility index (Phi) is 3.61. The fraction of sp³-hybridized carbons (Fsp3) is 0.100. The first-order chi connectivity index (χ1) is 13.2. The summed E-state index contributed by atoms with van der Waals surface area (Å²) < 4.78 is 14.2. The van der Waals surface area contributed by atoms with Crippen molar-refractivity contribution in [3.8, 4) is 17.2 Å². The lowest BCUT2D eigenvalue weighted by atomic mass is 10.2. The first kappa shape index (κ1) is 15.9.